The molecule has 5 nitrogen and oxygen atoms in total. The fraction of sp³-hybridized carbons (Fsp3) is 0.148. The van der Waals surface area contributed by atoms with E-state index in [2.05, 4.69) is 9.88 Å². The summed E-state index contributed by atoms with van der Waals surface area (Å²) in [6, 6.07) is 21.5. The van der Waals surface area contributed by atoms with Crippen molar-refractivity contribution in [3.63, 3.8) is 0 Å². The largest absolute Gasteiger partial charge is 0.494 e. The molecule has 0 saturated carbocycles. The highest BCUT2D eigenvalue weighted by atomic mass is 19.1. The van der Waals surface area contributed by atoms with E-state index in [1.54, 1.807) is 4.90 Å². The monoisotopic (exact) mass is 459 g/mol. The average molecular weight is 459 g/mol. The molecule has 1 aromatic heterocycles. The summed E-state index contributed by atoms with van der Waals surface area (Å²) in [6.45, 7) is 2.77. The van der Waals surface area contributed by atoms with E-state index in [0.29, 0.717) is 13.2 Å². The number of ether oxygens (including phenoxy) is 1. The molecule has 0 unspecified atom stereocenters. The van der Waals surface area contributed by atoms with Crippen LogP contribution in [0.5, 0.6) is 5.75 Å². The maximum atomic E-state index is 14.3. The van der Waals surface area contributed by atoms with E-state index in [1.807, 2.05) is 73.8 Å². The lowest BCUT2D eigenvalue weighted by Crippen LogP contribution is -2.38. The minimum Gasteiger partial charge on any atom is -0.494 e. The van der Waals surface area contributed by atoms with Crippen LogP contribution in [0.3, 0.4) is 0 Å². The Morgan fingerprint density at radius 3 is 2.59 bits per heavy atom. The first-order chi connectivity index (χ1) is 16.5. The van der Waals surface area contributed by atoms with Gasteiger partial charge in [0.05, 0.1) is 30.6 Å². The number of halogens is 2. The maximum Gasteiger partial charge on any atom is 0.323 e. The molecule has 0 saturated heterocycles. The third-order valence-electron chi connectivity index (χ3n) is 5.90. The standard InChI is InChI=1S/C27H23F2N3O2/c1-2-34-21-12-9-18(10-13-21)26-25-8-5-15-31(25)24-7-4-3-6-19(24)17-32(26)27(33)30-23-14-11-20(28)16-22(23)29/h3-16,26H,2,17H2,1H3,(H,30,33)/t26-/m0/s1. The van der Waals surface area contributed by atoms with Crippen molar-refractivity contribution in [1.29, 1.82) is 0 Å². The highest BCUT2D eigenvalue weighted by molar-refractivity contribution is 5.90. The zero-order valence-electron chi connectivity index (χ0n) is 18.5. The van der Waals surface area contributed by atoms with Crippen LogP contribution in [0.2, 0.25) is 0 Å². The van der Waals surface area contributed by atoms with E-state index in [-0.39, 0.29) is 5.69 Å². The van der Waals surface area contributed by atoms with Gasteiger partial charge in [0.25, 0.3) is 0 Å². The Labute approximate surface area is 196 Å². The molecule has 1 N–H and O–H groups in total. The van der Waals surface area contributed by atoms with Crippen LogP contribution >= 0.6 is 0 Å². The minimum atomic E-state index is -0.829. The Morgan fingerprint density at radius 2 is 1.82 bits per heavy atom. The van der Waals surface area contributed by atoms with E-state index < -0.39 is 23.7 Å². The van der Waals surface area contributed by atoms with Crippen molar-refractivity contribution in [3.8, 4) is 11.4 Å². The van der Waals surface area contributed by atoms with E-state index >= 15 is 0 Å². The quantitative estimate of drug-likeness (QED) is 0.390. The number of hydrogen-bond acceptors (Lipinski definition) is 2. The lowest BCUT2D eigenvalue weighted by atomic mass is 10.0. The van der Waals surface area contributed by atoms with Crippen LogP contribution in [0.1, 0.15) is 29.8 Å². The number of hydrogen-bond donors (Lipinski definition) is 1. The molecule has 1 aliphatic heterocycles. The number of fused-ring (bicyclic) bond motifs is 3. The lowest BCUT2D eigenvalue weighted by molar-refractivity contribution is 0.194. The highest BCUT2D eigenvalue weighted by Gasteiger charge is 2.33. The molecule has 0 bridgehead atoms. The maximum absolute atomic E-state index is 14.3. The van der Waals surface area contributed by atoms with Crippen LogP contribution in [0.4, 0.5) is 19.3 Å². The van der Waals surface area contributed by atoms with Gasteiger partial charge in [0.2, 0.25) is 0 Å². The predicted octanol–water partition coefficient (Wildman–Crippen LogP) is 6.29. The Balaban J connectivity index is 1.60. The molecular formula is C27H23F2N3O2. The molecule has 4 aromatic rings. The van der Waals surface area contributed by atoms with E-state index in [9.17, 15) is 13.6 Å². The van der Waals surface area contributed by atoms with Gasteiger partial charge in [-0.15, -0.1) is 0 Å². The number of benzene rings is 3. The molecule has 0 aliphatic carbocycles. The summed E-state index contributed by atoms with van der Waals surface area (Å²) in [5.74, 6) is -0.795. The van der Waals surface area contributed by atoms with Crippen LogP contribution in [0.25, 0.3) is 5.69 Å². The number of rotatable bonds is 4. The molecule has 5 rings (SSSR count). The number of carbonyl (C=O) groups excluding carboxylic acids is 1. The summed E-state index contributed by atoms with van der Waals surface area (Å²) < 4.78 is 35.4. The first-order valence-electron chi connectivity index (χ1n) is 11.1. The van der Waals surface area contributed by atoms with Gasteiger partial charge in [0.15, 0.2) is 0 Å². The summed E-state index contributed by atoms with van der Waals surface area (Å²) in [5, 5.41) is 2.63. The molecule has 1 aliphatic rings. The molecule has 0 spiro atoms. The van der Waals surface area contributed by atoms with Crippen molar-refractivity contribution < 1.29 is 18.3 Å². The first kappa shape index (κ1) is 21.7. The van der Waals surface area contributed by atoms with Crippen molar-refractivity contribution in [1.82, 2.24) is 9.47 Å². The van der Waals surface area contributed by atoms with Crippen molar-refractivity contribution in [3.05, 3.63) is 114 Å². The average Bonchev–Trinajstić information content (AvgIpc) is 3.26. The molecule has 34 heavy (non-hydrogen) atoms. The molecule has 2 amide bonds. The second-order valence-corrected chi connectivity index (χ2v) is 8.02. The third-order valence-corrected chi connectivity index (χ3v) is 5.90. The van der Waals surface area contributed by atoms with Crippen molar-refractivity contribution in [2.24, 2.45) is 0 Å². The number of para-hydroxylation sites is 1. The van der Waals surface area contributed by atoms with Crippen molar-refractivity contribution >= 4 is 11.7 Å². The summed E-state index contributed by atoms with van der Waals surface area (Å²) >= 11 is 0. The van der Waals surface area contributed by atoms with Gasteiger partial charge in [-0.05, 0) is 60.5 Å². The molecule has 2 heterocycles. The van der Waals surface area contributed by atoms with Gasteiger partial charge >= 0.3 is 6.03 Å². The molecule has 7 heteroatoms. The smallest absolute Gasteiger partial charge is 0.323 e. The van der Waals surface area contributed by atoms with Crippen LogP contribution in [-0.2, 0) is 6.54 Å². The molecule has 3 aromatic carbocycles. The van der Waals surface area contributed by atoms with E-state index in [0.717, 1.165) is 40.4 Å². The lowest BCUT2D eigenvalue weighted by Gasteiger charge is -2.31. The second-order valence-electron chi connectivity index (χ2n) is 8.02. The molecule has 0 radical (unpaired) electrons. The van der Waals surface area contributed by atoms with Crippen LogP contribution in [-0.4, -0.2) is 22.1 Å². The van der Waals surface area contributed by atoms with Gasteiger partial charge in [-0.25, -0.2) is 13.6 Å². The number of carbonyl (C=O) groups is 1. The number of aromatic nitrogens is 1. The van der Waals surface area contributed by atoms with Crippen LogP contribution in [0.15, 0.2) is 85.1 Å². The normalized spacial score (nSPS) is 14.7. The Kier molecular flexibility index (Phi) is 5.76. The molecule has 172 valence electrons. The van der Waals surface area contributed by atoms with Crippen LogP contribution < -0.4 is 10.1 Å². The molecular weight excluding hydrogens is 436 g/mol. The van der Waals surface area contributed by atoms with Gasteiger partial charge in [-0.1, -0.05) is 30.3 Å². The SMILES string of the molecule is CCOc1ccc([C@H]2c3cccn3-c3ccccc3CN2C(=O)Nc2ccc(F)cc2F)cc1. The van der Waals surface area contributed by atoms with Gasteiger partial charge in [0, 0.05) is 18.0 Å². The van der Waals surface area contributed by atoms with E-state index in [4.69, 9.17) is 4.74 Å². The number of nitrogens with zero attached hydrogens (tertiary/aromatic N) is 2. The second kappa shape index (κ2) is 9.02. The van der Waals surface area contributed by atoms with E-state index in [1.165, 1.54) is 6.07 Å². The highest BCUT2D eigenvalue weighted by Crippen LogP contribution is 2.37. The number of amides is 2. The summed E-state index contributed by atoms with van der Waals surface area (Å²) in [4.78, 5) is 15.2. The summed E-state index contributed by atoms with van der Waals surface area (Å²) in [7, 11) is 0. The van der Waals surface area contributed by atoms with Gasteiger partial charge < -0.3 is 19.5 Å². The van der Waals surface area contributed by atoms with Crippen molar-refractivity contribution in [2.45, 2.75) is 19.5 Å². The Hall–Kier alpha value is -4.13. The number of urea groups is 1. The summed E-state index contributed by atoms with van der Waals surface area (Å²) in [5.41, 5.74) is 3.62. The summed E-state index contributed by atoms with van der Waals surface area (Å²) in [6.07, 6.45) is 1.97. The number of nitrogens with one attached hydrogen (secondary N) is 1. The fourth-order valence-corrected chi connectivity index (χ4v) is 4.38. The zero-order chi connectivity index (χ0) is 23.7. The van der Waals surface area contributed by atoms with Gasteiger partial charge in [0.1, 0.15) is 17.4 Å². The third kappa shape index (κ3) is 4.01. The predicted molar refractivity (Wildman–Crippen MR) is 126 cm³/mol. The van der Waals surface area contributed by atoms with Crippen molar-refractivity contribution in [2.75, 3.05) is 11.9 Å². The minimum absolute atomic E-state index is 0.0789. The fourth-order valence-electron chi connectivity index (χ4n) is 4.38. The van der Waals surface area contributed by atoms with Crippen LogP contribution in [0, 0.1) is 11.6 Å². The van der Waals surface area contributed by atoms with Gasteiger partial charge in [-0.2, -0.15) is 0 Å². The molecule has 1 atom stereocenters. The zero-order valence-corrected chi connectivity index (χ0v) is 18.5. The molecule has 0 fully saturated rings. The number of anilines is 1. The Bertz CT molecular complexity index is 1330. The first-order valence-corrected chi connectivity index (χ1v) is 11.1. The Morgan fingerprint density at radius 1 is 1.03 bits per heavy atom. The topological polar surface area (TPSA) is 46.5 Å². The van der Waals surface area contributed by atoms with Gasteiger partial charge in [-0.3, -0.25) is 0 Å².